The van der Waals surface area contributed by atoms with Crippen molar-refractivity contribution >= 4 is 23.3 Å². The van der Waals surface area contributed by atoms with Crippen LogP contribution in [-0.2, 0) is 4.79 Å². The van der Waals surface area contributed by atoms with Crippen molar-refractivity contribution in [2.24, 2.45) is 5.92 Å². The first kappa shape index (κ1) is 18.1. The van der Waals surface area contributed by atoms with Crippen LogP contribution in [0.2, 0.25) is 0 Å². The van der Waals surface area contributed by atoms with Crippen LogP contribution in [0.1, 0.15) is 24.3 Å². The summed E-state index contributed by atoms with van der Waals surface area (Å²) in [5, 5.41) is 12.6. The second-order valence-electron chi connectivity index (χ2n) is 7.94. The van der Waals surface area contributed by atoms with Crippen LogP contribution in [0, 0.1) is 11.7 Å². The maximum Gasteiger partial charge on any atom is 0.326 e. The van der Waals surface area contributed by atoms with Crippen molar-refractivity contribution in [3.8, 4) is 0 Å². The third-order valence-electron chi connectivity index (χ3n) is 6.23. The van der Waals surface area contributed by atoms with Gasteiger partial charge in [0.05, 0.1) is 24.4 Å². The lowest BCUT2D eigenvalue weighted by atomic mass is 9.71. The maximum atomic E-state index is 14.0. The Balaban J connectivity index is 1.47. The van der Waals surface area contributed by atoms with Crippen LogP contribution in [0.5, 0.6) is 0 Å². The molecule has 1 saturated heterocycles. The third kappa shape index (κ3) is 2.88. The number of urea groups is 1. The Labute approximate surface area is 167 Å². The van der Waals surface area contributed by atoms with E-state index in [1.54, 1.807) is 21.9 Å². The van der Waals surface area contributed by atoms with Crippen molar-refractivity contribution in [1.82, 2.24) is 4.90 Å². The van der Waals surface area contributed by atoms with Gasteiger partial charge in [-0.2, -0.15) is 0 Å². The molecule has 0 radical (unpaired) electrons. The minimum absolute atomic E-state index is 0.00332. The lowest BCUT2D eigenvalue weighted by Gasteiger charge is -2.59. The van der Waals surface area contributed by atoms with E-state index < -0.39 is 11.8 Å². The molecule has 2 aromatic carbocycles. The van der Waals surface area contributed by atoms with Gasteiger partial charge in [0.25, 0.3) is 0 Å². The van der Waals surface area contributed by atoms with Crippen molar-refractivity contribution < 1.29 is 19.1 Å². The maximum absolute atomic E-state index is 14.0. The molecule has 5 rings (SSSR count). The fourth-order valence-electron chi connectivity index (χ4n) is 4.67. The van der Waals surface area contributed by atoms with Crippen LogP contribution < -0.4 is 10.2 Å². The number of fused-ring (bicyclic) bond motifs is 3. The molecule has 0 bridgehead atoms. The summed E-state index contributed by atoms with van der Waals surface area (Å²) in [6.07, 6.45) is 1.78. The number of carbonyl (C=O) groups excluding carboxylic acids is 2. The van der Waals surface area contributed by atoms with Crippen LogP contribution in [0.3, 0.4) is 0 Å². The Morgan fingerprint density at radius 3 is 2.55 bits per heavy atom. The van der Waals surface area contributed by atoms with Gasteiger partial charge in [-0.05, 0) is 36.6 Å². The highest BCUT2D eigenvalue weighted by molar-refractivity contribution is 6.03. The summed E-state index contributed by atoms with van der Waals surface area (Å²) in [7, 11) is 0. The van der Waals surface area contributed by atoms with Crippen molar-refractivity contribution in [3.05, 3.63) is 59.9 Å². The van der Waals surface area contributed by atoms with Crippen molar-refractivity contribution in [3.63, 3.8) is 0 Å². The van der Waals surface area contributed by atoms with Gasteiger partial charge in [-0.25, -0.2) is 9.18 Å². The van der Waals surface area contributed by atoms with E-state index in [-0.39, 0.29) is 42.1 Å². The number of hydrogen-bond donors (Lipinski definition) is 2. The lowest BCUT2D eigenvalue weighted by molar-refractivity contribution is -0.151. The van der Waals surface area contributed by atoms with Gasteiger partial charge < -0.3 is 15.3 Å². The second kappa shape index (κ2) is 6.84. The van der Waals surface area contributed by atoms with Crippen molar-refractivity contribution in [2.45, 2.75) is 30.8 Å². The molecule has 0 unspecified atom stereocenters. The van der Waals surface area contributed by atoms with Gasteiger partial charge in [0.1, 0.15) is 5.82 Å². The quantitative estimate of drug-likeness (QED) is 0.839. The summed E-state index contributed by atoms with van der Waals surface area (Å²) in [6.45, 7) is 0.215. The Morgan fingerprint density at radius 2 is 1.83 bits per heavy atom. The van der Waals surface area contributed by atoms with Gasteiger partial charge in [0, 0.05) is 24.1 Å². The number of halogens is 1. The average Bonchev–Trinajstić information content (AvgIpc) is 3.55. The highest BCUT2D eigenvalue weighted by Crippen LogP contribution is 2.50. The molecule has 1 saturated carbocycles. The first-order chi connectivity index (χ1) is 14.1. The van der Waals surface area contributed by atoms with E-state index in [2.05, 4.69) is 5.32 Å². The van der Waals surface area contributed by atoms with E-state index in [0.29, 0.717) is 6.54 Å². The molecule has 2 aliphatic heterocycles. The molecule has 3 amide bonds. The van der Waals surface area contributed by atoms with Crippen molar-refractivity contribution in [1.29, 1.82) is 0 Å². The van der Waals surface area contributed by atoms with Gasteiger partial charge >= 0.3 is 6.03 Å². The molecule has 7 heteroatoms. The summed E-state index contributed by atoms with van der Waals surface area (Å²) in [6, 6.07) is 12.7. The number of aliphatic hydroxyl groups is 1. The number of rotatable bonds is 3. The summed E-state index contributed by atoms with van der Waals surface area (Å²) < 4.78 is 14.0. The van der Waals surface area contributed by atoms with E-state index in [1.807, 2.05) is 24.3 Å². The second-order valence-corrected chi connectivity index (χ2v) is 7.94. The fourth-order valence-corrected chi connectivity index (χ4v) is 4.67. The first-order valence-corrected chi connectivity index (χ1v) is 9.95. The third-order valence-corrected chi connectivity index (χ3v) is 6.23. The Morgan fingerprint density at radius 1 is 1.10 bits per heavy atom. The Kier molecular flexibility index (Phi) is 4.28. The van der Waals surface area contributed by atoms with Crippen LogP contribution in [-0.4, -0.2) is 47.2 Å². The Hall–Kier alpha value is -2.93. The zero-order valence-corrected chi connectivity index (χ0v) is 15.8. The summed E-state index contributed by atoms with van der Waals surface area (Å²) >= 11 is 0. The fraction of sp³-hybridized carbons (Fsp3) is 0.364. The summed E-state index contributed by atoms with van der Waals surface area (Å²) in [4.78, 5) is 29.1. The first-order valence-electron chi connectivity index (χ1n) is 9.95. The molecule has 150 valence electrons. The number of hydrogen-bond acceptors (Lipinski definition) is 3. The van der Waals surface area contributed by atoms with Crippen LogP contribution in [0.25, 0.3) is 0 Å². The molecule has 3 atom stereocenters. The molecule has 3 aliphatic rings. The van der Waals surface area contributed by atoms with Crippen LogP contribution >= 0.6 is 0 Å². The summed E-state index contributed by atoms with van der Waals surface area (Å²) in [5.41, 5.74) is 1.79. The SMILES string of the molecule is O=C(Nc1ccccc1F)N1C[C@@H]2[C@H](c3ccccc31)[C@@H](CO)N2C(=O)C1CC1. The number of benzene rings is 2. The normalized spacial score (nSPS) is 25.0. The number of amides is 3. The average molecular weight is 395 g/mol. The molecule has 1 aliphatic carbocycles. The highest BCUT2D eigenvalue weighted by atomic mass is 19.1. The number of nitrogens with one attached hydrogen (secondary N) is 1. The molecular formula is C22H22FN3O3. The topological polar surface area (TPSA) is 72.9 Å². The van der Waals surface area contributed by atoms with E-state index in [4.69, 9.17) is 0 Å². The standard InChI is InChI=1S/C22H22FN3O3/c23-15-6-2-3-7-16(15)24-22(29)25-11-18-20(14-5-1-4-8-17(14)25)19(12-27)26(18)21(28)13-9-10-13/h1-8,13,18-20,27H,9-12H2,(H,24,29)/t18-,19-,20+/m1/s1. The van der Waals surface area contributed by atoms with Gasteiger partial charge in [-0.1, -0.05) is 30.3 Å². The monoisotopic (exact) mass is 395 g/mol. The number of anilines is 2. The van der Waals surface area contributed by atoms with Gasteiger partial charge in [-0.15, -0.1) is 0 Å². The molecule has 0 aromatic heterocycles. The smallest absolute Gasteiger partial charge is 0.326 e. The van der Waals surface area contributed by atoms with Crippen LogP contribution in [0.4, 0.5) is 20.6 Å². The molecule has 6 nitrogen and oxygen atoms in total. The van der Waals surface area contributed by atoms with E-state index in [0.717, 1.165) is 24.1 Å². The minimum atomic E-state index is -0.501. The van der Waals surface area contributed by atoms with E-state index >= 15 is 0 Å². The highest BCUT2D eigenvalue weighted by Gasteiger charge is 2.57. The van der Waals surface area contributed by atoms with Crippen LogP contribution in [0.15, 0.2) is 48.5 Å². The van der Waals surface area contributed by atoms with E-state index in [9.17, 15) is 19.1 Å². The summed E-state index contributed by atoms with van der Waals surface area (Å²) in [5.74, 6) is -0.392. The molecule has 2 heterocycles. The van der Waals surface area contributed by atoms with Gasteiger partial charge in [0.2, 0.25) is 5.91 Å². The molecule has 0 spiro atoms. The number of nitrogens with zero attached hydrogens (tertiary/aromatic N) is 2. The molecular weight excluding hydrogens is 373 g/mol. The van der Waals surface area contributed by atoms with Crippen molar-refractivity contribution in [2.75, 3.05) is 23.4 Å². The number of aliphatic hydroxyl groups excluding tert-OH is 1. The van der Waals surface area contributed by atoms with Gasteiger partial charge in [-0.3, -0.25) is 9.69 Å². The van der Waals surface area contributed by atoms with Gasteiger partial charge in [0.15, 0.2) is 0 Å². The molecule has 2 N–H and O–H groups in total. The Bertz CT molecular complexity index is 977. The molecule has 29 heavy (non-hydrogen) atoms. The zero-order chi connectivity index (χ0) is 20.1. The number of carbonyl (C=O) groups is 2. The zero-order valence-electron chi connectivity index (χ0n) is 15.8. The predicted octanol–water partition coefficient (Wildman–Crippen LogP) is 2.94. The number of likely N-dealkylation sites (tertiary alicyclic amines) is 1. The molecule has 2 fully saturated rings. The largest absolute Gasteiger partial charge is 0.394 e. The number of para-hydroxylation sites is 2. The predicted molar refractivity (Wildman–Crippen MR) is 106 cm³/mol. The molecule has 2 aromatic rings. The van der Waals surface area contributed by atoms with E-state index in [1.165, 1.54) is 12.1 Å². The lowest BCUT2D eigenvalue weighted by Crippen LogP contribution is -2.71. The minimum Gasteiger partial charge on any atom is -0.394 e.